The Kier molecular flexibility index (Phi) is 6.36. The van der Waals surface area contributed by atoms with E-state index in [2.05, 4.69) is 5.32 Å². The third-order valence-electron chi connectivity index (χ3n) is 3.67. The molecule has 0 aromatic heterocycles. The van der Waals surface area contributed by atoms with E-state index in [1.807, 2.05) is 0 Å². The predicted molar refractivity (Wildman–Crippen MR) is 75.6 cm³/mol. The highest BCUT2D eigenvalue weighted by molar-refractivity contribution is 5.85. The fourth-order valence-corrected chi connectivity index (χ4v) is 2.60. The molecule has 112 valence electrons. The second-order valence-electron chi connectivity index (χ2n) is 5.01. The van der Waals surface area contributed by atoms with Crippen LogP contribution in [0.15, 0.2) is 18.2 Å². The van der Waals surface area contributed by atoms with Crippen molar-refractivity contribution in [1.82, 2.24) is 5.32 Å². The lowest BCUT2D eigenvalue weighted by Crippen LogP contribution is -2.40. The van der Waals surface area contributed by atoms with Crippen LogP contribution in [-0.2, 0) is 11.2 Å². The average Bonchev–Trinajstić information content (AvgIpc) is 2.80. The third kappa shape index (κ3) is 4.15. The molecule has 0 heterocycles. The third-order valence-corrected chi connectivity index (χ3v) is 3.67. The Bertz CT molecular complexity index is 470. The van der Waals surface area contributed by atoms with Gasteiger partial charge in [-0.2, -0.15) is 0 Å². The van der Waals surface area contributed by atoms with Gasteiger partial charge in [-0.05, 0) is 36.9 Å². The van der Waals surface area contributed by atoms with E-state index in [1.165, 1.54) is 6.07 Å². The molecule has 0 aliphatic heterocycles. The maximum Gasteiger partial charge on any atom is 0.224 e. The average molecular weight is 305 g/mol. The fourth-order valence-electron chi connectivity index (χ4n) is 2.60. The fraction of sp³-hybridized carbons (Fsp3) is 0.500. The zero-order chi connectivity index (χ0) is 13.8. The molecular formula is C14H19ClF2N2O. The first-order valence-corrected chi connectivity index (χ1v) is 6.53. The molecule has 1 saturated carbocycles. The Balaban J connectivity index is 0.00000200. The maximum absolute atomic E-state index is 13.4. The normalized spacial score (nSPS) is 21.4. The van der Waals surface area contributed by atoms with Crippen LogP contribution in [0, 0.1) is 17.6 Å². The maximum atomic E-state index is 13.4. The Morgan fingerprint density at radius 3 is 2.75 bits per heavy atom. The topological polar surface area (TPSA) is 55.1 Å². The smallest absolute Gasteiger partial charge is 0.224 e. The molecule has 2 atom stereocenters. The number of carbonyl (C=O) groups is 1. The Labute approximate surface area is 123 Å². The van der Waals surface area contributed by atoms with E-state index in [0.29, 0.717) is 12.5 Å². The summed E-state index contributed by atoms with van der Waals surface area (Å²) in [5, 5.41) is 2.89. The van der Waals surface area contributed by atoms with Crippen LogP contribution >= 0.6 is 12.4 Å². The van der Waals surface area contributed by atoms with Crippen molar-refractivity contribution in [2.24, 2.45) is 11.7 Å². The molecule has 1 amide bonds. The number of nitrogens with one attached hydrogen (secondary N) is 1. The molecule has 6 heteroatoms. The summed E-state index contributed by atoms with van der Waals surface area (Å²) >= 11 is 0. The molecular weight excluding hydrogens is 286 g/mol. The van der Waals surface area contributed by atoms with Gasteiger partial charge in [-0.1, -0.05) is 12.5 Å². The summed E-state index contributed by atoms with van der Waals surface area (Å²) < 4.78 is 26.2. The molecule has 1 aromatic carbocycles. The van der Waals surface area contributed by atoms with Gasteiger partial charge in [0.1, 0.15) is 11.6 Å². The summed E-state index contributed by atoms with van der Waals surface area (Å²) in [6, 6.07) is 3.34. The number of halogens is 3. The Morgan fingerprint density at radius 2 is 2.10 bits per heavy atom. The van der Waals surface area contributed by atoms with E-state index < -0.39 is 11.6 Å². The van der Waals surface area contributed by atoms with Crippen molar-refractivity contribution in [2.45, 2.75) is 31.7 Å². The van der Waals surface area contributed by atoms with Gasteiger partial charge < -0.3 is 11.1 Å². The molecule has 1 fully saturated rings. The molecule has 1 aliphatic carbocycles. The number of carbonyl (C=O) groups excluding carboxylic acids is 1. The van der Waals surface area contributed by atoms with Gasteiger partial charge in [-0.25, -0.2) is 8.78 Å². The van der Waals surface area contributed by atoms with E-state index in [1.54, 1.807) is 0 Å². The second-order valence-corrected chi connectivity index (χ2v) is 5.01. The molecule has 3 nitrogen and oxygen atoms in total. The first-order chi connectivity index (χ1) is 9.10. The van der Waals surface area contributed by atoms with E-state index in [0.717, 1.165) is 31.4 Å². The highest BCUT2D eigenvalue weighted by Crippen LogP contribution is 2.24. The summed E-state index contributed by atoms with van der Waals surface area (Å²) in [4.78, 5) is 11.9. The van der Waals surface area contributed by atoms with Gasteiger partial charge in [0.2, 0.25) is 5.91 Å². The van der Waals surface area contributed by atoms with Gasteiger partial charge >= 0.3 is 0 Å². The zero-order valence-electron chi connectivity index (χ0n) is 11.1. The Hall–Kier alpha value is -1.20. The number of nitrogens with two attached hydrogens (primary N) is 1. The quantitative estimate of drug-likeness (QED) is 0.896. The van der Waals surface area contributed by atoms with Crippen LogP contribution in [-0.4, -0.2) is 18.5 Å². The van der Waals surface area contributed by atoms with E-state index in [9.17, 15) is 13.6 Å². The molecule has 0 saturated heterocycles. The van der Waals surface area contributed by atoms with Crippen LogP contribution in [0.5, 0.6) is 0 Å². The standard InChI is InChI=1S/C14H18F2N2O.ClH/c15-11-5-4-9(12(16)7-11)6-14(19)18-13-3-1-2-10(13)8-17;/h4-5,7,10,13H,1-3,6,8,17H2,(H,18,19);1H. The largest absolute Gasteiger partial charge is 0.353 e. The Morgan fingerprint density at radius 1 is 1.35 bits per heavy atom. The summed E-state index contributed by atoms with van der Waals surface area (Å²) in [5.74, 6) is -1.25. The van der Waals surface area contributed by atoms with Crippen LogP contribution in [0.25, 0.3) is 0 Å². The lowest BCUT2D eigenvalue weighted by molar-refractivity contribution is -0.121. The van der Waals surface area contributed by atoms with Crippen LogP contribution < -0.4 is 11.1 Å². The van der Waals surface area contributed by atoms with Crippen molar-refractivity contribution in [3.8, 4) is 0 Å². The van der Waals surface area contributed by atoms with Gasteiger partial charge in [0.05, 0.1) is 6.42 Å². The van der Waals surface area contributed by atoms with E-state index in [-0.39, 0.29) is 36.3 Å². The van der Waals surface area contributed by atoms with Crippen LogP contribution in [0.2, 0.25) is 0 Å². The molecule has 0 bridgehead atoms. The number of rotatable bonds is 4. The number of hydrogen-bond acceptors (Lipinski definition) is 2. The minimum absolute atomic E-state index is 0. The van der Waals surface area contributed by atoms with Crippen molar-refractivity contribution in [3.63, 3.8) is 0 Å². The van der Waals surface area contributed by atoms with Crippen molar-refractivity contribution >= 4 is 18.3 Å². The lowest BCUT2D eigenvalue weighted by Gasteiger charge is -2.19. The highest BCUT2D eigenvalue weighted by atomic mass is 35.5. The summed E-state index contributed by atoms with van der Waals surface area (Å²) in [6.45, 7) is 0.551. The summed E-state index contributed by atoms with van der Waals surface area (Å²) in [7, 11) is 0. The summed E-state index contributed by atoms with van der Waals surface area (Å²) in [6.07, 6.45) is 2.92. The van der Waals surface area contributed by atoms with Crippen LogP contribution in [0.3, 0.4) is 0 Å². The van der Waals surface area contributed by atoms with E-state index in [4.69, 9.17) is 5.73 Å². The van der Waals surface area contributed by atoms with Gasteiger partial charge in [0.15, 0.2) is 0 Å². The molecule has 1 aliphatic rings. The first kappa shape index (κ1) is 16.9. The molecule has 2 unspecified atom stereocenters. The first-order valence-electron chi connectivity index (χ1n) is 6.53. The van der Waals surface area contributed by atoms with Gasteiger partial charge in [0.25, 0.3) is 0 Å². The molecule has 20 heavy (non-hydrogen) atoms. The molecule has 2 rings (SSSR count). The highest BCUT2D eigenvalue weighted by Gasteiger charge is 2.27. The van der Waals surface area contributed by atoms with Gasteiger partial charge in [0, 0.05) is 12.1 Å². The van der Waals surface area contributed by atoms with Crippen molar-refractivity contribution < 1.29 is 13.6 Å². The lowest BCUT2D eigenvalue weighted by atomic mass is 10.0. The second kappa shape index (κ2) is 7.55. The number of amides is 1. The van der Waals surface area contributed by atoms with Crippen LogP contribution in [0.4, 0.5) is 8.78 Å². The van der Waals surface area contributed by atoms with Gasteiger partial charge in [-0.3, -0.25) is 4.79 Å². The zero-order valence-corrected chi connectivity index (χ0v) is 11.9. The SMILES string of the molecule is Cl.NCC1CCCC1NC(=O)Cc1ccc(F)cc1F. The molecule has 3 N–H and O–H groups in total. The van der Waals surface area contributed by atoms with Crippen molar-refractivity contribution in [3.05, 3.63) is 35.4 Å². The number of hydrogen-bond donors (Lipinski definition) is 2. The molecule has 1 aromatic rings. The monoisotopic (exact) mass is 304 g/mol. The van der Waals surface area contributed by atoms with Gasteiger partial charge in [-0.15, -0.1) is 12.4 Å². The van der Waals surface area contributed by atoms with Crippen molar-refractivity contribution in [1.29, 1.82) is 0 Å². The predicted octanol–water partition coefficient (Wildman–Crippen LogP) is 2.17. The minimum atomic E-state index is -0.683. The molecule has 0 radical (unpaired) electrons. The van der Waals surface area contributed by atoms with Crippen LogP contribution in [0.1, 0.15) is 24.8 Å². The van der Waals surface area contributed by atoms with E-state index >= 15 is 0 Å². The minimum Gasteiger partial charge on any atom is -0.353 e. The molecule has 0 spiro atoms. The number of benzene rings is 1. The van der Waals surface area contributed by atoms with Crippen molar-refractivity contribution in [2.75, 3.05) is 6.54 Å². The summed E-state index contributed by atoms with van der Waals surface area (Å²) in [5.41, 5.74) is 5.85.